The molecule has 182 valence electrons. The summed E-state index contributed by atoms with van der Waals surface area (Å²) in [6.07, 6.45) is 3.72. The van der Waals surface area contributed by atoms with Gasteiger partial charge in [0.15, 0.2) is 0 Å². The van der Waals surface area contributed by atoms with E-state index < -0.39 is 0 Å². The third-order valence-electron chi connectivity index (χ3n) is 5.61. The van der Waals surface area contributed by atoms with Crippen molar-refractivity contribution in [2.75, 3.05) is 21.3 Å². The number of carbonyl (C=O) groups excluding carboxylic acids is 2. The Morgan fingerprint density at radius 3 is 2.46 bits per heavy atom. The highest BCUT2D eigenvalue weighted by atomic mass is 35.5. The Bertz CT molecular complexity index is 1180. The minimum atomic E-state index is -0.369. The van der Waals surface area contributed by atoms with Crippen molar-refractivity contribution in [3.05, 3.63) is 107 Å². The summed E-state index contributed by atoms with van der Waals surface area (Å²) >= 11 is 6.03. The molecule has 3 rings (SSSR count). The van der Waals surface area contributed by atoms with Crippen molar-refractivity contribution in [1.82, 2.24) is 10.2 Å². The van der Waals surface area contributed by atoms with E-state index in [1.165, 1.54) is 6.08 Å². The van der Waals surface area contributed by atoms with Gasteiger partial charge in [-0.25, -0.2) is 0 Å². The van der Waals surface area contributed by atoms with Gasteiger partial charge in [0.1, 0.15) is 11.5 Å². The molecule has 0 aliphatic carbocycles. The molecule has 0 bridgehead atoms. The Morgan fingerprint density at radius 2 is 1.74 bits per heavy atom. The summed E-state index contributed by atoms with van der Waals surface area (Å²) in [7, 11) is 4.87. The minimum absolute atomic E-state index is 0.179. The van der Waals surface area contributed by atoms with Crippen LogP contribution < -0.4 is 14.8 Å². The predicted molar refractivity (Wildman–Crippen MR) is 138 cm³/mol. The molecular formula is C28H29ClN2O4. The SMILES string of the molecule is COc1cccc(C(=O)N(C)C(C=CC(=O)NCc2ccccc2OC)Cc2ccc(Cl)cc2)c1. The number of halogens is 1. The first-order valence-electron chi connectivity index (χ1n) is 11.1. The van der Waals surface area contributed by atoms with Crippen molar-refractivity contribution in [1.29, 1.82) is 0 Å². The summed E-state index contributed by atoms with van der Waals surface area (Å²) in [4.78, 5) is 27.4. The lowest BCUT2D eigenvalue weighted by Crippen LogP contribution is -2.37. The molecule has 3 aromatic carbocycles. The van der Waals surface area contributed by atoms with Gasteiger partial charge in [0.2, 0.25) is 5.91 Å². The standard InChI is InChI=1S/C28H29ClN2O4/c1-31(28(33)21-8-6-9-25(18-21)34-2)24(17-20-11-13-23(29)14-12-20)15-16-27(32)30-19-22-7-4-5-10-26(22)35-3/h4-16,18,24H,17,19H2,1-3H3,(H,30,32). The molecule has 7 heteroatoms. The number of nitrogens with one attached hydrogen (secondary N) is 1. The lowest BCUT2D eigenvalue weighted by Gasteiger charge is -2.26. The maximum absolute atomic E-state index is 13.2. The first-order valence-corrected chi connectivity index (χ1v) is 11.5. The summed E-state index contributed by atoms with van der Waals surface area (Å²) in [5.41, 5.74) is 2.37. The second-order valence-electron chi connectivity index (χ2n) is 7.93. The van der Waals surface area contributed by atoms with Gasteiger partial charge in [0.25, 0.3) is 5.91 Å². The van der Waals surface area contributed by atoms with Gasteiger partial charge < -0.3 is 19.7 Å². The Morgan fingerprint density at radius 1 is 1.00 bits per heavy atom. The van der Waals surface area contributed by atoms with Crippen molar-refractivity contribution in [3.8, 4) is 11.5 Å². The fourth-order valence-corrected chi connectivity index (χ4v) is 3.72. The van der Waals surface area contributed by atoms with Gasteiger partial charge in [-0.1, -0.05) is 54.1 Å². The van der Waals surface area contributed by atoms with E-state index in [0.717, 1.165) is 11.1 Å². The van der Waals surface area contributed by atoms with Crippen molar-refractivity contribution in [2.45, 2.75) is 19.0 Å². The smallest absolute Gasteiger partial charge is 0.254 e. The second-order valence-corrected chi connectivity index (χ2v) is 8.37. The number of hydrogen-bond donors (Lipinski definition) is 1. The van der Waals surface area contributed by atoms with Crippen LogP contribution in [0.1, 0.15) is 21.5 Å². The van der Waals surface area contributed by atoms with E-state index >= 15 is 0 Å². The van der Waals surface area contributed by atoms with Gasteiger partial charge in [0, 0.05) is 35.8 Å². The van der Waals surface area contributed by atoms with Crippen LogP contribution in [0.5, 0.6) is 11.5 Å². The van der Waals surface area contributed by atoms with Gasteiger partial charge in [-0.3, -0.25) is 9.59 Å². The monoisotopic (exact) mass is 492 g/mol. The molecule has 0 aromatic heterocycles. The maximum Gasteiger partial charge on any atom is 0.254 e. The fourth-order valence-electron chi connectivity index (χ4n) is 3.60. The molecule has 6 nitrogen and oxygen atoms in total. The van der Waals surface area contributed by atoms with E-state index in [9.17, 15) is 9.59 Å². The van der Waals surface area contributed by atoms with Gasteiger partial charge >= 0.3 is 0 Å². The van der Waals surface area contributed by atoms with Gasteiger partial charge in [0.05, 0.1) is 20.3 Å². The largest absolute Gasteiger partial charge is 0.497 e. The fraction of sp³-hybridized carbons (Fsp3) is 0.214. The van der Waals surface area contributed by atoms with Crippen molar-refractivity contribution < 1.29 is 19.1 Å². The number of rotatable bonds is 10. The van der Waals surface area contributed by atoms with Crippen LogP contribution in [0, 0.1) is 0 Å². The molecule has 1 atom stereocenters. The average molecular weight is 493 g/mol. The summed E-state index contributed by atoms with van der Waals surface area (Å²) in [5.74, 6) is 0.868. The zero-order chi connectivity index (χ0) is 25.2. The second kappa shape index (κ2) is 12.6. The number of carbonyl (C=O) groups is 2. The van der Waals surface area contributed by atoms with E-state index in [4.69, 9.17) is 21.1 Å². The molecule has 0 fully saturated rings. The van der Waals surface area contributed by atoms with Crippen LogP contribution in [0.25, 0.3) is 0 Å². The molecule has 2 amide bonds. The van der Waals surface area contributed by atoms with Gasteiger partial charge in [-0.15, -0.1) is 0 Å². The Hall–Kier alpha value is -3.77. The Labute approximate surface area is 211 Å². The summed E-state index contributed by atoms with van der Waals surface area (Å²) in [6, 6.07) is 21.6. The zero-order valence-electron chi connectivity index (χ0n) is 20.0. The highest BCUT2D eigenvalue weighted by Gasteiger charge is 2.20. The topological polar surface area (TPSA) is 67.9 Å². The van der Waals surface area contributed by atoms with E-state index in [1.54, 1.807) is 56.5 Å². The minimum Gasteiger partial charge on any atom is -0.497 e. The number of methoxy groups -OCH3 is 2. The molecule has 0 aliphatic heterocycles. The first-order chi connectivity index (χ1) is 16.9. The summed E-state index contributed by atoms with van der Waals surface area (Å²) in [5, 5.41) is 3.51. The molecule has 0 radical (unpaired) electrons. The first kappa shape index (κ1) is 25.8. The highest BCUT2D eigenvalue weighted by Crippen LogP contribution is 2.19. The lowest BCUT2D eigenvalue weighted by atomic mass is 10.0. The van der Waals surface area contributed by atoms with E-state index in [2.05, 4.69) is 5.32 Å². The molecule has 3 aromatic rings. The number of hydrogen-bond acceptors (Lipinski definition) is 4. The molecule has 1 unspecified atom stereocenters. The third-order valence-corrected chi connectivity index (χ3v) is 5.86. The molecule has 0 saturated carbocycles. The van der Waals surface area contributed by atoms with Crippen LogP contribution in [-0.4, -0.2) is 44.0 Å². The molecule has 1 N–H and O–H groups in total. The third kappa shape index (κ3) is 7.36. The molecule has 35 heavy (non-hydrogen) atoms. The van der Waals surface area contributed by atoms with E-state index in [1.807, 2.05) is 48.5 Å². The molecule has 0 aliphatic rings. The number of benzene rings is 3. The van der Waals surface area contributed by atoms with Crippen LogP contribution >= 0.6 is 11.6 Å². The normalized spacial score (nSPS) is 11.7. The van der Waals surface area contributed by atoms with Crippen LogP contribution in [0.3, 0.4) is 0 Å². The zero-order valence-corrected chi connectivity index (χ0v) is 20.8. The molecule has 0 saturated heterocycles. The number of nitrogens with zero attached hydrogens (tertiary/aromatic N) is 1. The van der Waals surface area contributed by atoms with Crippen molar-refractivity contribution >= 4 is 23.4 Å². The lowest BCUT2D eigenvalue weighted by molar-refractivity contribution is -0.116. The van der Waals surface area contributed by atoms with Crippen LogP contribution in [0.2, 0.25) is 5.02 Å². The van der Waals surface area contributed by atoms with Gasteiger partial charge in [-0.2, -0.15) is 0 Å². The maximum atomic E-state index is 13.2. The number of ether oxygens (including phenoxy) is 2. The van der Waals surface area contributed by atoms with Crippen molar-refractivity contribution in [3.63, 3.8) is 0 Å². The van der Waals surface area contributed by atoms with Gasteiger partial charge in [-0.05, 0) is 48.4 Å². The summed E-state index contributed by atoms with van der Waals surface area (Å²) in [6.45, 7) is 0.327. The van der Waals surface area contributed by atoms with Crippen LogP contribution in [0.4, 0.5) is 0 Å². The summed E-state index contributed by atoms with van der Waals surface area (Å²) < 4.78 is 10.6. The average Bonchev–Trinajstić information content (AvgIpc) is 2.90. The number of para-hydroxylation sites is 1. The quantitative estimate of drug-likeness (QED) is 0.408. The van der Waals surface area contributed by atoms with E-state index in [-0.39, 0.29) is 17.9 Å². The Kier molecular flexibility index (Phi) is 9.32. The Balaban J connectivity index is 1.76. The highest BCUT2D eigenvalue weighted by molar-refractivity contribution is 6.30. The number of likely N-dealkylation sites (N-methyl/N-ethyl adjacent to an activating group) is 1. The predicted octanol–water partition coefficient (Wildman–Crippen LogP) is 4.91. The van der Waals surface area contributed by atoms with Crippen molar-refractivity contribution in [2.24, 2.45) is 0 Å². The number of amides is 2. The molecule has 0 spiro atoms. The van der Waals surface area contributed by atoms with Crippen LogP contribution in [0.15, 0.2) is 84.9 Å². The molecule has 0 heterocycles. The molecular weight excluding hydrogens is 464 g/mol. The van der Waals surface area contributed by atoms with E-state index in [0.29, 0.717) is 35.1 Å². The van der Waals surface area contributed by atoms with Crippen LogP contribution in [-0.2, 0) is 17.8 Å².